The minimum Gasteiger partial charge on any atom is -0.476 e. The highest BCUT2D eigenvalue weighted by molar-refractivity contribution is 7.11. The molecule has 0 bridgehead atoms. The zero-order valence-electron chi connectivity index (χ0n) is 8.51. The summed E-state index contributed by atoms with van der Waals surface area (Å²) in [4.78, 5) is 19.1. The van der Waals surface area contributed by atoms with E-state index in [0.29, 0.717) is 0 Å². The molecule has 1 aliphatic rings. The summed E-state index contributed by atoms with van der Waals surface area (Å²) in [6, 6.07) is 0. The third-order valence-electron chi connectivity index (χ3n) is 2.50. The van der Waals surface area contributed by atoms with Crippen molar-refractivity contribution in [3.63, 3.8) is 0 Å². The Morgan fingerprint density at radius 1 is 1.47 bits per heavy atom. The molecule has 0 saturated carbocycles. The molecule has 15 heavy (non-hydrogen) atoms. The molecule has 0 atom stereocenters. The van der Waals surface area contributed by atoms with Gasteiger partial charge in [0.25, 0.3) is 0 Å². The third-order valence-corrected chi connectivity index (χ3v) is 3.32. The fraction of sp³-hybridized carbons (Fsp3) is 0.556. The van der Waals surface area contributed by atoms with Gasteiger partial charge in [0.2, 0.25) is 5.01 Å². The fourth-order valence-electron chi connectivity index (χ4n) is 1.54. The van der Waals surface area contributed by atoms with Gasteiger partial charge in [-0.25, -0.2) is 9.78 Å². The fourth-order valence-corrected chi connectivity index (χ4v) is 2.21. The Morgan fingerprint density at radius 3 is 2.67 bits per heavy atom. The Labute approximate surface area is 92.0 Å². The first-order chi connectivity index (χ1) is 7.16. The zero-order valence-corrected chi connectivity index (χ0v) is 9.33. The van der Waals surface area contributed by atoms with E-state index in [4.69, 9.17) is 5.11 Å². The number of carboxylic acid groups (broad SMARTS) is 1. The van der Waals surface area contributed by atoms with Crippen molar-refractivity contribution in [3.05, 3.63) is 10.4 Å². The SMILES string of the molecule is CN1CCN(c2csc(C(=O)O)n2)CC1. The van der Waals surface area contributed by atoms with Crippen molar-refractivity contribution in [3.8, 4) is 0 Å². The molecule has 1 aromatic heterocycles. The molecule has 5 nitrogen and oxygen atoms in total. The summed E-state index contributed by atoms with van der Waals surface area (Å²) in [5, 5.41) is 10.7. The Kier molecular flexibility index (Phi) is 2.88. The van der Waals surface area contributed by atoms with Gasteiger partial charge in [-0.15, -0.1) is 11.3 Å². The molecule has 1 aromatic rings. The highest BCUT2D eigenvalue weighted by atomic mass is 32.1. The van der Waals surface area contributed by atoms with E-state index < -0.39 is 5.97 Å². The smallest absolute Gasteiger partial charge is 0.365 e. The first-order valence-corrected chi connectivity index (χ1v) is 5.67. The van der Waals surface area contributed by atoms with E-state index >= 15 is 0 Å². The van der Waals surface area contributed by atoms with Crippen molar-refractivity contribution < 1.29 is 9.90 Å². The van der Waals surface area contributed by atoms with Gasteiger partial charge in [0.05, 0.1) is 0 Å². The van der Waals surface area contributed by atoms with Crippen LogP contribution in [-0.4, -0.2) is 54.2 Å². The van der Waals surface area contributed by atoms with Crippen LogP contribution in [0.3, 0.4) is 0 Å². The molecule has 0 amide bonds. The Bertz CT molecular complexity index is 358. The minimum absolute atomic E-state index is 0.170. The second-order valence-electron chi connectivity index (χ2n) is 3.61. The van der Waals surface area contributed by atoms with Crippen molar-refractivity contribution in [2.24, 2.45) is 0 Å². The van der Waals surface area contributed by atoms with Gasteiger partial charge in [-0.3, -0.25) is 0 Å². The van der Waals surface area contributed by atoms with Crippen LogP contribution in [0.1, 0.15) is 9.80 Å². The molecule has 2 heterocycles. The van der Waals surface area contributed by atoms with Crippen molar-refractivity contribution in [1.29, 1.82) is 0 Å². The monoisotopic (exact) mass is 227 g/mol. The average Bonchev–Trinajstić information content (AvgIpc) is 2.68. The summed E-state index contributed by atoms with van der Waals surface area (Å²) in [5.41, 5.74) is 0. The number of aromatic nitrogens is 1. The van der Waals surface area contributed by atoms with Gasteiger partial charge in [-0.05, 0) is 7.05 Å². The van der Waals surface area contributed by atoms with Crippen LogP contribution in [0.2, 0.25) is 0 Å². The molecular weight excluding hydrogens is 214 g/mol. The van der Waals surface area contributed by atoms with Crippen molar-refractivity contribution in [2.45, 2.75) is 0 Å². The molecule has 1 aliphatic heterocycles. The molecule has 0 spiro atoms. The lowest BCUT2D eigenvalue weighted by molar-refractivity contribution is 0.0696. The van der Waals surface area contributed by atoms with E-state index in [-0.39, 0.29) is 5.01 Å². The standard InChI is InChI=1S/C9H13N3O2S/c1-11-2-4-12(5-3-11)7-6-15-8(10-7)9(13)14/h6H,2-5H2,1H3,(H,13,14). The number of rotatable bonds is 2. The first-order valence-electron chi connectivity index (χ1n) is 4.79. The van der Waals surface area contributed by atoms with E-state index in [1.165, 1.54) is 11.3 Å². The highest BCUT2D eigenvalue weighted by Crippen LogP contribution is 2.19. The quantitative estimate of drug-likeness (QED) is 0.801. The largest absolute Gasteiger partial charge is 0.476 e. The maximum atomic E-state index is 10.7. The van der Waals surface area contributed by atoms with Crippen LogP contribution >= 0.6 is 11.3 Å². The maximum absolute atomic E-state index is 10.7. The second-order valence-corrected chi connectivity index (χ2v) is 4.46. The van der Waals surface area contributed by atoms with Crippen LogP contribution in [0, 0.1) is 0 Å². The van der Waals surface area contributed by atoms with E-state index in [9.17, 15) is 4.79 Å². The Hall–Kier alpha value is -1.14. The van der Waals surface area contributed by atoms with Crippen LogP contribution in [-0.2, 0) is 0 Å². The average molecular weight is 227 g/mol. The van der Waals surface area contributed by atoms with Gasteiger partial charge in [0.15, 0.2) is 0 Å². The Morgan fingerprint density at radius 2 is 2.13 bits per heavy atom. The summed E-state index contributed by atoms with van der Waals surface area (Å²) in [5.74, 6) is -0.147. The molecule has 0 unspecified atom stereocenters. The van der Waals surface area contributed by atoms with E-state index in [2.05, 4.69) is 21.8 Å². The lowest BCUT2D eigenvalue weighted by atomic mass is 10.3. The van der Waals surface area contributed by atoms with Crippen LogP contribution in [0.15, 0.2) is 5.38 Å². The molecule has 0 aromatic carbocycles. The van der Waals surface area contributed by atoms with Crippen LogP contribution in [0.5, 0.6) is 0 Å². The first kappa shape index (κ1) is 10.4. The molecule has 1 saturated heterocycles. The number of hydrogen-bond acceptors (Lipinski definition) is 5. The summed E-state index contributed by atoms with van der Waals surface area (Å²) in [6.07, 6.45) is 0. The van der Waals surface area contributed by atoms with Crippen molar-refractivity contribution in [2.75, 3.05) is 38.1 Å². The van der Waals surface area contributed by atoms with Gasteiger partial charge < -0.3 is 14.9 Å². The molecule has 6 heteroatoms. The summed E-state index contributed by atoms with van der Waals surface area (Å²) >= 11 is 1.19. The second kappa shape index (κ2) is 4.16. The predicted molar refractivity (Wildman–Crippen MR) is 58.8 cm³/mol. The molecule has 82 valence electrons. The summed E-state index contributed by atoms with van der Waals surface area (Å²) in [6.45, 7) is 3.83. The normalized spacial score (nSPS) is 18.1. The Balaban J connectivity index is 2.06. The number of carbonyl (C=O) groups is 1. The van der Waals surface area contributed by atoms with Crippen LogP contribution in [0.25, 0.3) is 0 Å². The number of piperazine rings is 1. The summed E-state index contributed by atoms with van der Waals surface area (Å²) in [7, 11) is 2.08. The summed E-state index contributed by atoms with van der Waals surface area (Å²) < 4.78 is 0. The van der Waals surface area contributed by atoms with Gasteiger partial charge in [-0.2, -0.15) is 0 Å². The number of anilines is 1. The number of carboxylic acids is 1. The molecule has 1 N–H and O–H groups in total. The van der Waals surface area contributed by atoms with E-state index in [1.807, 2.05) is 5.38 Å². The lowest BCUT2D eigenvalue weighted by Gasteiger charge is -2.32. The highest BCUT2D eigenvalue weighted by Gasteiger charge is 2.18. The van der Waals surface area contributed by atoms with Gasteiger partial charge >= 0.3 is 5.97 Å². The number of thiazole rings is 1. The van der Waals surface area contributed by atoms with E-state index in [1.54, 1.807) is 0 Å². The lowest BCUT2D eigenvalue weighted by Crippen LogP contribution is -2.44. The molecule has 1 fully saturated rings. The zero-order chi connectivity index (χ0) is 10.8. The molecule has 0 aliphatic carbocycles. The van der Waals surface area contributed by atoms with Crippen LogP contribution < -0.4 is 4.90 Å². The van der Waals surface area contributed by atoms with E-state index in [0.717, 1.165) is 32.0 Å². The van der Waals surface area contributed by atoms with Gasteiger partial charge in [0, 0.05) is 31.6 Å². The topological polar surface area (TPSA) is 56.7 Å². The number of nitrogens with zero attached hydrogens (tertiary/aromatic N) is 3. The number of likely N-dealkylation sites (N-methyl/N-ethyl adjacent to an activating group) is 1. The number of hydrogen-bond donors (Lipinski definition) is 1. The van der Waals surface area contributed by atoms with Crippen molar-refractivity contribution in [1.82, 2.24) is 9.88 Å². The van der Waals surface area contributed by atoms with Crippen molar-refractivity contribution >= 4 is 23.1 Å². The maximum Gasteiger partial charge on any atom is 0.365 e. The molecular formula is C9H13N3O2S. The molecule has 2 rings (SSSR count). The van der Waals surface area contributed by atoms with Gasteiger partial charge in [-0.1, -0.05) is 0 Å². The van der Waals surface area contributed by atoms with Crippen LogP contribution in [0.4, 0.5) is 5.82 Å². The third kappa shape index (κ3) is 2.27. The van der Waals surface area contributed by atoms with Gasteiger partial charge in [0.1, 0.15) is 5.82 Å². The predicted octanol–water partition coefficient (Wildman–Crippen LogP) is 0.593. The minimum atomic E-state index is -0.944. The number of aromatic carboxylic acids is 1. The molecule has 0 radical (unpaired) electrons.